The Balaban J connectivity index is 0.00000264. The van der Waals surface area contributed by atoms with Crippen LogP contribution in [0.15, 0.2) is 53.4 Å². The minimum Gasteiger partial charge on any atom is -1.00 e. The van der Waals surface area contributed by atoms with Crippen LogP contribution >= 0.6 is 12.6 Å². The summed E-state index contributed by atoms with van der Waals surface area (Å²) in [5.41, 5.74) is 2.56. The van der Waals surface area contributed by atoms with Gasteiger partial charge in [-0.25, -0.2) is 0 Å². The normalized spacial score (nSPS) is 11.0. The lowest BCUT2D eigenvalue weighted by atomic mass is 10.2. The zero-order chi connectivity index (χ0) is 16.0. The molecule has 0 radical (unpaired) electrons. The van der Waals surface area contributed by atoms with Crippen molar-refractivity contribution in [3.8, 4) is 5.75 Å². The lowest BCUT2D eigenvalue weighted by Crippen LogP contribution is -3.00. The summed E-state index contributed by atoms with van der Waals surface area (Å²) in [5.74, 6) is 0.906. The minimum atomic E-state index is 0. The van der Waals surface area contributed by atoms with Crippen LogP contribution in [0.4, 0.5) is 0 Å². The molecule has 0 aliphatic heterocycles. The second-order valence-electron chi connectivity index (χ2n) is 6.45. The van der Waals surface area contributed by atoms with Crippen molar-refractivity contribution >= 4 is 12.6 Å². The monoisotopic (exact) mass is 395 g/mol. The van der Waals surface area contributed by atoms with Gasteiger partial charge in [0.15, 0.2) is 0 Å². The smallest absolute Gasteiger partial charge is 0.120 e. The molecule has 0 fully saturated rings. The number of thiol groups is 1. The quantitative estimate of drug-likeness (QED) is 0.422. The zero-order valence-corrected chi connectivity index (χ0v) is 16.6. The molecule has 0 spiro atoms. The fourth-order valence-electron chi connectivity index (χ4n) is 2.52. The first-order chi connectivity index (χ1) is 10.5. The van der Waals surface area contributed by atoms with E-state index >= 15 is 0 Å². The van der Waals surface area contributed by atoms with E-state index in [1.54, 1.807) is 0 Å². The number of nitrogens with zero attached hydrogens (tertiary/aromatic N) is 1. The molecule has 0 amide bonds. The number of ether oxygens (including phenoxy) is 1. The van der Waals surface area contributed by atoms with Gasteiger partial charge in [0.05, 0.1) is 27.2 Å². The number of rotatable bonds is 7. The maximum atomic E-state index is 5.83. The summed E-state index contributed by atoms with van der Waals surface area (Å²) in [6, 6.07) is 16.7. The number of benzene rings is 2. The van der Waals surface area contributed by atoms with Gasteiger partial charge in [0.2, 0.25) is 0 Å². The molecule has 0 bridgehead atoms. The predicted molar refractivity (Wildman–Crippen MR) is 95.7 cm³/mol. The molecule has 4 heteroatoms. The Morgan fingerprint density at radius 1 is 1.04 bits per heavy atom. The molecule has 2 aromatic carbocycles. The summed E-state index contributed by atoms with van der Waals surface area (Å²) in [5, 5.41) is 0. The van der Waals surface area contributed by atoms with E-state index in [1.165, 1.54) is 11.1 Å². The molecule has 2 nitrogen and oxygen atoms in total. The van der Waals surface area contributed by atoms with Crippen LogP contribution in [0.1, 0.15) is 17.5 Å². The van der Waals surface area contributed by atoms with Crippen molar-refractivity contribution in [1.29, 1.82) is 0 Å². The highest BCUT2D eigenvalue weighted by molar-refractivity contribution is 7.80. The van der Waals surface area contributed by atoms with E-state index in [9.17, 15) is 0 Å². The first-order valence-electron chi connectivity index (χ1n) is 7.75. The number of hydrogen-bond acceptors (Lipinski definition) is 2. The molecule has 0 saturated heterocycles. The fourth-order valence-corrected chi connectivity index (χ4v) is 2.72. The van der Waals surface area contributed by atoms with Crippen LogP contribution in [-0.2, 0) is 6.54 Å². The van der Waals surface area contributed by atoms with Crippen molar-refractivity contribution in [3.63, 3.8) is 0 Å². The average molecular weight is 396 g/mol. The lowest BCUT2D eigenvalue weighted by molar-refractivity contribution is -0.903. The Labute approximate surface area is 156 Å². The van der Waals surface area contributed by atoms with Crippen molar-refractivity contribution in [2.75, 3.05) is 27.2 Å². The van der Waals surface area contributed by atoms with Gasteiger partial charge in [0.25, 0.3) is 0 Å². The van der Waals surface area contributed by atoms with Crippen LogP contribution in [0.25, 0.3) is 0 Å². The third-order valence-corrected chi connectivity index (χ3v) is 4.29. The highest BCUT2D eigenvalue weighted by Crippen LogP contribution is 2.20. The summed E-state index contributed by atoms with van der Waals surface area (Å²) < 4.78 is 6.80. The Kier molecular flexibility index (Phi) is 8.17. The molecule has 0 aromatic heterocycles. The van der Waals surface area contributed by atoms with E-state index in [0.717, 1.165) is 41.2 Å². The molecular weight excluding hydrogens is 370 g/mol. The fraction of sp³-hybridized carbons (Fsp3) is 0.368. The minimum absolute atomic E-state index is 0. The maximum absolute atomic E-state index is 5.83. The molecule has 0 aliphatic rings. The molecule has 0 N–H and O–H groups in total. The third-order valence-electron chi connectivity index (χ3n) is 3.81. The van der Waals surface area contributed by atoms with Crippen molar-refractivity contribution in [1.82, 2.24) is 0 Å². The van der Waals surface area contributed by atoms with Crippen LogP contribution in [0.3, 0.4) is 0 Å². The molecule has 0 heterocycles. The highest BCUT2D eigenvalue weighted by atomic mass is 79.9. The van der Waals surface area contributed by atoms with Gasteiger partial charge in [-0.3, -0.25) is 0 Å². The average Bonchev–Trinajstić information content (AvgIpc) is 2.48. The second-order valence-corrected chi connectivity index (χ2v) is 6.94. The predicted octanol–water partition coefficient (Wildman–Crippen LogP) is 1.33. The number of quaternary nitrogens is 1. The van der Waals surface area contributed by atoms with Crippen LogP contribution in [0.2, 0.25) is 0 Å². The van der Waals surface area contributed by atoms with E-state index in [1.807, 2.05) is 18.2 Å². The standard InChI is InChI=1S/C19H25NOS.BrH/c1-16-10-11-18(14-19(16)22)21-13-7-12-20(2,3)15-17-8-5-4-6-9-17;/h4-6,8-11,14H,7,12-13,15H2,1-3H3;1H. The Bertz CT molecular complexity index is 602. The Morgan fingerprint density at radius 3 is 2.39 bits per heavy atom. The lowest BCUT2D eigenvalue weighted by Gasteiger charge is -2.30. The maximum Gasteiger partial charge on any atom is 0.120 e. The van der Waals surface area contributed by atoms with E-state index in [4.69, 9.17) is 4.74 Å². The van der Waals surface area contributed by atoms with Crippen molar-refractivity contribution in [3.05, 3.63) is 59.7 Å². The third kappa shape index (κ3) is 6.98. The number of halogens is 1. The van der Waals surface area contributed by atoms with E-state index < -0.39 is 0 Å². The van der Waals surface area contributed by atoms with Crippen LogP contribution in [0.5, 0.6) is 5.75 Å². The van der Waals surface area contributed by atoms with Gasteiger partial charge in [-0.05, 0) is 24.6 Å². The SMILES string of the molecule is Cc1ccc(OCCC[N+](C)(C)Cc2ccccc2)cc1S.[Br-]. The van der Waals surface area contributed by atoms with Gasteiger partial charge in [-0.2, -0.15) is 0 Å². The Morgan fingerprint density at radius 2 is 1.74 bits per heavy atom. The van der Waals surface area contributed by atoms with Crippen LogP contribution in [0, 0.1) is 6.92 Å². The summed E-state index contributed by atoms with van der Waals surface area (Å²) in [6.07, 6.45) is 1.04. The molecule has 0 atom stereocenters. The van der Waals surface area contributed by atoms with E-state index in [-0.39, 0.29) is 17.0 Å². The van der Waals surface area contributed by atoms with Gasteiger partial charge in [0.1, 0.15) is 12.3 Å². The van der Waals surface area contributed by atoms with Crippen molar-refractivity contribution in [2.24, 2.45) is 0 Å². The molecule has 23 heavy (non-hydrogen) atoms. The first-order valence-corrected chi connectivity index (χ1v) is 8.19. The van der Waals surface area contributed by atoms with Crippen LogP contribution in [-0.4, -0.2) is 31.7 Å². The van der Waals surface area contributed by atoms with Gasteiger partial charge in [0, 0.05) is 16.9 Å². The summed E-state index contributed by atoms with van der Waals surface area (Å²) in [7, 11) is 4.54. The first kappa shape index (κ1) is 20.1. The molecule has 2 aromatic rings. The molecule has 0 aliphatic carbocycles. The largest absolute Gasteiger partial charge is 1.00 e. The van der Waals surface area contributed by atoms with Gasteiger partial charge < -0.3 is 26.2 Å². The van der Waals surface area contributed by atoms with Gasteiger partial charge >= 0.3 is 0 Å². The van der Waals surface area contributed by atoms with Crippen LogP contribution < -0.4 is 21.7 Å². The zero-order valence-electron chi connectivity index (χ0n) is 14.1. The van der Waals surface area contributed by atoms with E-state index in [2.05, 4.69) is 64.0 Å². The van der Waals surface area contributed by atoms with E-state index in [0.29, 0.717) is 0 Å². The molecule has 0 saturated carbocycles. The van der Waals surface area contributed by atoms with Gasteiger partial charge in [-0.15, -0.1) is 12.6 Å². The van der Waals surface area contributed by atoms with Gasteiger partial charge in [-0.1, -0.05) is 36.4 Å². The molecule has 126 valence electrons. The summed E-state index contributed by atoms with van der Waals surface area (Å²) in [4.78, 5) is 0.984. The van der Waals surface area contributed by atoms with Crippen molar-refractivity contribution in [2.45, 2.75) is 24.8 Å². The number of aryl methyl sites for hydroxylation is 1. The molecule has 2 rings (SSSR count). The summed E-state index contributed by atoms with van der Waals surface area (Å²) >= 11 is 4.43. The second kappa shape index (κ2) is 9.36. The topological polar surface area (TPSA) is 9.23 Å². The number of hydrogen-bond donors (Lipinski definition) is 1. The van der Waals surface area contributed by atoms with Crippen molar-refractivity contribution < 1.29 is 26.2 Å². The highest BCUT2D eigenvalue weighted by Gasteiger charge is 2.15. The Hall–Kier alpha value is -0.970. The molecular formula is C19H26BrNOS. The molecule has 0 unspecified atom stereocenters. The summed E-state index contributed by atoms with van der Waals surface area (Å²) in [6.45, 7) is 4.93.